The fourth-order valence-electron chi connectivity index (χ4n) is 3.97. The minimum atomic E-state index is -0.501. The topological polar surface area (TPSA) is 108 Å². The first-order valence-electron chi connectivity index (χ1n) is 11.7. The second-order valence-electron chi connectivity index (χ2n) is 8.36. The van der Waals surface area contributed by atoms with Gasteiger partial charge in [0, 0.05) is 13.1 Å². The van der Waals surface area contributed by atoms with E-state index in [1.165, 1.54) is 16.8 Å². The first-order chi connectivity index (χ1) is 17.6. The Balaban J connectivity index is 1.18. The van der Waals surface area contributed by atoms with Gasteiger partial charge in [-0.2, -0.15) is 15.1 Å². The normalized spacial score (nSPS) is 18.3. The van der Waals surface area contributed by atoms with Crippen LogP contribution < -0.4 is 9.47 Å². The lowest BCUT2D eigenvalue weighted by Gasteiger charge is -2.20. The summed E-state index contributed by atoms with van der Waals surface area (Å²) in [6.45, 7) is 2.35. The SMILES string of the molecule is N=C1/C(=C/c2ccc(OCCOc3ccccc3)cc2)C(=O)N=C2SC(CC(=O)N3CCCC3)=NN12. The summed E-state index contributed by atoms with van der Waals surface area (Å²) >= 11 is 1.17. The number of thioether (sulfide) groups is 1. The van der Waals surface area contributed by atoms with Crippen LogP contribution in [-0.2, 0) is 9.59 Å². The van der Waals surface area contributed by atoms with Crippen molar-refractivity contribution in [1.82, 2.24) is 9.91 Å². The van der Waals surface area contributed by atoms with Crippen molar-refractivity contribution in [2.45, 2.75) is 19.3 Å². The minimum absolute atomic E-state index is 0.0155. The summed E-state index contributed by atoms with van der Waals surface area (Å²) in [6, 6.07) is 16.7. The molecule has 3 aliphatic rings. The minimum Gasteiger partial charge on any atom is -0.490 e. The Bertz CT molecular complexity index is 1250. The van der Waals surface area contributed by atoms with Gasteiger partial charge in [0.1, 0.15) is 29.8 Å². The maximum atomic E-state index is 12.6. The molecule has 0 aliphatic carbocycles. The number of nitrogens with one attached hydrogen (secondary N) is 1. The lowest BCUT2D eigenvalue weighted by atomic mass is 10.1. The second-order valence-corrected chi connectivity index (χ2v) is 9.40. The van der Waals surface area contributed by atoms with E-state index in [9.17, 15) is 9.59 Å². The van der Waals surface area contributed by atoms with Gasteiger partial charge in [0.2, 0.25) is 11.1 Å². The predicted molar refractivity (Wildman–Crippen MR) is 139 cm³/mol. The molecular weight excluding hydrogens is 478 g/mol. The molecule has 0 bridgehead atoms. The molecule has 0 radical (unpaired) electrons. The van der Waals surface area contributed by atoms with Crippen LogP contribution in [0.5, 0.6) is 11.5 Å². The molecule has 5 rings (SSSR count). The number of hydrazone groups is 1. The molecule has 0 spiro atoms. The highest BCUT2D eigenvalue weighted by atomic mass is 32.2. The summed E-state index contributed by atoms with van der Waals surface area (Å²) < 4.78 is 11.3. The summed E-state index contributed by atoms with van der Waals surface area (Å²) in [7, 11) is 0. The molecule has 2 aromatic carbocycles. The summed E-state index contributed by atoms with van der Waals surface area (Å²) in [5, 5.41) is 15.1. The van der Waals surface area contributed by atoms with Crippen LogP contribution >= 0.6 is 11.8 Å². The number of likely N-dealkylation sites (tertiary alicyclic amines) is 1. The van der Waals surface area contributed by atoms with Crippen LogP contribution in [0, 0.1) is 5.41 Å². The summed E-state index contributed by atoms with van der Waals surface area (Å²) in [5.41, 5.74) is 0.870. The largest absolute Gasteiger partial charge is 0.490 e. The van der Waals surface area contributed by atoms with Crippen molar-refractivity contribution in [2.75, 3.05) is 26.3 Å². The number of ether oxygens (including phenoxy) is 2. The average Bonchev–Trinajstić information content (AvgIpc) is 3.56. The van der Waals surface area contributed by atoms with Crippen LogP contribution in [-0.4, -0.2) is 64.1 Å². The first-order valence-corrected chi connectivity index (χ1v) is 12.6. The molecule has 0 unspecified atom stereocenters. The Morgan fingerprint density at radius 1 is 1.00 bits per heavy atom. The molecule has 1 N–H and O–H groups in total. The van der Waals surface area contributed by atoms with Gasteiger partial charge in [-0.1, -0.05) is 30.3 Å². The molecule has 3 aliphatic heterocycles. The predicted octanol–water partition coefficient (Wildman–Crippen LogP) is 3.78. The van der Waals surface area contributed by atoms with Crippen molar-refractivity contribution in [1.29, 1.82) is 5.41 Å². The lowest BCUT2D eigenvalue weighted by molar-refractivity contribution is -0.128. The van der Waals surface area contributed by atoms with Crippen molar-refractivity contribution in [3.63, 3.8) is 0 Å². The number of carbonyl (C=O) groups is 2. The van der Waals surface area contributed by atoms with Crippen molar-refractivity contribution in [2.24, 2.45) is 10.1 Å². The molecule has 184 valence electrons. The van der Waals surface area contributed by atoms with E-state index in [0.29, 0.717) is 29.2 Å². The maximum absolute atomic E-state index is 12.6. The van der Waals surface area contributed by atoms with E-state index in [2.05, 4.69) is 10.1 Å². The lowest BCUT2D eigenvalue weighted by Crippen LogP contribution is -2.35. The smallest absolute Gasteiger partial charge is 0.283 e. The molecule has 0 saturated carbocycles. The number of nitrogens with zero attached hydrogens (tertiary/aromatic N) is 4. The summed E-state index contributed by atoms with van der Waals surface area (Å²) in [6.07, 6.45) is 3.81. The number of carbonyl (C=O) groups excluding carboxylic acids is 2. The van der Waals surface area contributed by atoms with Crippen molar-refractivity contribution >= 4 is 45.7 Å². The van der Waals surface area contributed by atoms with Crippen molar-refractivity contribution in [3.8, 4) is 11.5 Å². The van der Waals surface area contributed by atoms with Gasteiger partial charge in [-0.25, -0.2) is 0 Å². The van der Waals surface area contributed by atoms with E-state index in [-0.39, 0.29) is 23.7 Å². The van der Waals surface area contributed by atoms with Crippen LogP contribution in [0.2, 0.25) is 0 Å². The molecule has 0 atom stereocenters. The molecule has 36 heavy (non-hydrogen) atoms. The Kier molecular flexibility index (Phi) is 7.13. The number of amidine groups is 2. The van der Waals surface area contributed by atoms with Crippen molar-refractivity contribution < 1.29 is 19.1 Å². The monoisotopic (exact) mass is 503 g/mol. The Hall–Kier alpha value is -3.92. The molecule has 10 heteroatoms. The van der Waals surface area contributed by atoms with Crippen LogP contribution in [0.15, 0.2) is 70.3 Å². The van der Waals surface area contributed by atoms with E-state index in [4.69, 9.17) is 14.9 Å². The number of hydrogen-bond donors (Lipinski definition) is 1. The van der Waals surface area contributed by atoms with Gasteiger partial charge in [-0.15, -0.1) is 0 Å². The molecule has 3 heterocycles. The molecule has 9 nitrogen and oxygen atoms in total. The maximum Gasteiger partial charge on any atom is 0.283 e. The summed E-state index contributed by atoms with van der Waals surface area (Å²) in [4.78, 5) is 31.0. The van der Waals surface area contributed by atoms with Crippen molar-refractivity contribution in [3.05, 3.63) is 65.7 Å². The standard InChI is InChI=1S/C26H25N5O4S/c27-24-21(16-18-8-10-20(11-9-18)35-15-14-34-19-6-2-1-3-7-19)25(33)28-26-31(24)29-22(36-26)17-23(32)30-12-4-5-13-30/h1-3,6-11,16,27H,4-5,12-15,17H2/b21-16-,27-24?. The number of benzene rings is 2. The molecular formula is C26H25N5O4S. The van der Waals surface area contributed by atoms with Gasteiger partial charge in [0.25, 0.3) is 5.91 Å². The molecule has 0 aromatic heterocycles. The zero-order valence-electron chi connectivity index (χ0n) is 19.6. The number of amides is 2. The van der Waals surface area contributed by atoms with Gasteiger partial charge < -0.3 is 14.4 Å². The number of para-hydroxylation sites is 1. The van der Waals surface area contributed by atoms with E-state index in [1.54, 1.807) is 18.2 Å². The highest BCUT2D eigenvalue weighted by Gasteiger charge is 2.36. The molecule has 1 fully saturated rings. The van der Waals surface area contributed by atoms with Crippen LogP contribution in [0.3, 0.4) is 0 Å². The highest BCUT2D eigenvalue weighted by Crippen LogP contribution is 2.30. The van der Waals surface area contributed by atoms with Crippen LogP contribution in [0.1, 0.15) is 24.8 Å². The van der Waals surface area contributed by atoms with Gasteiger partial charge in [0.15, 0.2) is 5.84 Å². The number of rotatable bonds is 8. The Labute approximate surface area is 213 Å². The molecule has 1 saturated heterocycles. The Morgan fingerprint density at radius 2 is 1.67 bits per heavy atom. The number of fused-ring (bicyclic) bond motifs is 1. The third-order valence-corrected chi connectivity index (χ3v) is 6.72. The van der Waals surface area contributed by atoms with E-state index >= 15 is 0 Å². The quantitative estimate of drug-likeness (QED) is 0.434. The molecule has 2 aromatic rings. The van der Waals surface area contributed by atoms with Gasteiger partial charge in [-0.05, 0) is 60.5 Å². The van der Waals surface area contributed by atoms with Crippen LogP contribution in [0.4, 0.5) is 0 Å². The van der Waals surface area contributed by atoms with E-state index in [0.717, 1.165) is 37.2 Å². The van der Waals surface area contributed by atoms with Gasteiger partial charge >= 0.3 is 0 Å². The third-order valence-electron chi connectivity index (χ3n) is 5.81. The second kappa shape index (κ2) is 10.8. The molecule has 2 amide bonds. The number of aliphatic imine (C=N–C) groups is 1. The Morgan fingerprint density at radius 3 is 2.36 bits per heavy atom. The first kappa shape index (κ1) is 23.8. The average molecular weight is 504 g/mol. The fourth-order valence-corrected chi connectivity index (χ4v) is 4.85. The zero-order chi connectivity index (χ0) is 24.9. The zero-order valence-corrected chi connectivity index (χ0v) is 20.4. The van der Waals surface area contributed by atoms with Gasteiger partial charge in [0.05, 0.1) is 12.0 Å². The highest BCUT2D eigenvalue weighted by molar-refractivity contribution is 8.27. The third kappa shape index (κ3) is 5.49. The van der Waals surface area contributed by atoms with E-state index < -0.39 is 5.91 Å². The van der Waals surface area contributed by atoms with E-state index in [1.807, 2.05) is 47.4 Å². The fraction of sp³-hybridized carbons (Fsp3) is 0.269. The van der Waals surface area contributed by atoms with Crippen LogP contribution in [0.25, 0.3) is 6.08 Å². The van der Waals surface area contributed by atoms with Gasteiger partial charge in [-0.3, -0.25) is 15.0 Å². The summed E-state index contributed by atoms with van der Waals surface area (Å²) in [5.74, 6) is 0.923. The number of hydrogen-bond acceptors (Lipinski definition) is 7.